The minimum Gasteiger partial charge on any atom is -0.363 e. The molecule has 102 valence electrons. The second-order valence-corrected chi connectivity index (χ2v) is 4.14. The van der Waals surface area contributed by atoms with Crippen molar-refractivity contribution in [1.29, 1.82) is 0 Å². The molecule has 0 aliphatic rings. The number of nitrogens with one attached hydrogen (secondary N) is 3. The van der Waals surface area contributed by atoms with Crippen molar-refractivity contribution in [3.63, 3.8) is 0 Å². The maximum Gasteiger partial charge on any atom is 0.332 e. The predicted molar refractivity (Wildman–Crippen MR) is 81.3 cm³/mol. The van der Waals surface area contributed by atoms with E-state index in [0.717, 1.165) is 17.8 Å². The smallest absolute Gasteiger partial charge is 0.332 e. The lowest BCUT2D eigenvalue weighted by atomic mass is 10.1. The van der Waals surface area contributed by atoms with Crippen molar-refractivity contribution in [3.05, 3.63) is 29.8 Å². The Kier molecular flexibility index (Phi) is 5.74. The van der Waals surface area contributed by atoms with Crippen molar-refractivity contribution >= 4 is 34.8 Å². The van der Waals surface area contributed by atoms with Gasteiger partial charge in [0.2, 0.25) is 0 Å². The fourth-order valence-electron chi connectivity index (χ4n) is 1.33. The molecule has 0 aromatic heterocycles. The number of thiocarbonyl (C=S) groups is 1. The zero-order chi connectivity index (χ0) is 14.3. The summed E-state index contributed by atoms with van der Waals surface area (Å²) in [5.41, 5.74) is 9.55. The van der Waals surface area contributed by atoms with Crippen LogP contribution in [0.5, 0.6) is 0 Å². The molecule has 0 saturated carbocycles. The van der Waals surface area contributed by atoms with Crippen LogP contribution in [0.3, 0.4) is 0 Å². The predicted octanol–water partition coefficient (Wildman–Crippen LogP) is 1.39. The Bertz CT molecular complexity index is 483. The SMILES string of the molecule is CCNC(=S)Nc1ccc(/C(C)=N\NC(N)=O)cc1. The number of hydrazone groups is 1. The summed E-state index contributed by atoms with van der Waals surface area (Å²) in [6, 6.07) is 6.81. The van der Waals surface area contributed by atoms with E-state index in [1.54, 1.807) is 6.92 Å². The molecule has 5 N–H and O–H groups in total. The van der Waals surface area contributed by atoms with Crippen molar-refractivity contribution in [2.24, 2.45) is 10.8 Å². The van der Waals surface area contributed by atoms with Gasteiger partial charge in [-0.3, -0.25) is 0 Å². The van der Waals surface area contributed by atoms with Gasteiger partial charge in [0, 0.05) is 12.2 Å². The number of primary amides is 1. The molecule has 0 saturated heterocycles. The van der Waals surface area contributed by atoms with Gasteiger partial charge in [-0.05, 0) is 43.8 Å². The highest BCUT2D eigenvalue weighted by molar-refractivity contribution is 7.80. The highest BCUT2D eigenvalue weighted by atomic mass is 32.1. The zero-order valence-electron chi connectivity index (χ0n) is 10.9. The quantitative estimate of drug-likeness (QED) is 0.381. The molecule has 1 aromatic rings. The summed E-state index contributed by atoms with van der Waals surface area (Å²) in [6.45, 7) is 4.53. The largest absolute Gasteiger partial charge is 0.363 e. The van der Waals surface area contributed by atoms with E-state index >= 15 is 0 Å². The monoisotopic (exact) mass is 279 g/mol. The summed E-state index contributed by atoms with van der Waals surface area (Å²) in [6.07, 6.45) is 0. The highest BCUT2D eigenvalue weighted by Crippen LogP contribution is 2.10. The molecule has 0 aliphatic carbocycles. The minimum absolute atomic E-state index is 0.580. The van der Waals surface area contributed by atoms with Crippen LogP contribution in [0.25, 0.3) is 0 Å². The summed E-state index contributed by atoms with van der Waals surface area (Å²) in [5.74, 6) is 0. The molecular formula is C12H17N5OS. The minimum atomic E-state index is -0.686. The molecule has 1 rings (SSSR count). The van der Waals surface area contributed by atoms with Crippen LogP contribution >= 0.6 is 12.2 Å². The van der Waals surface area contributed by atoms with Crippen LogP contribution in [-0.4, -0.2) is 23.4 Å². The topological polar surface area (TPSA) is 91.5 Å². The summed E-state index contributed by atoms with van der Waals surface area (Å²) >= 11 is 5.08. The third kappa shape index (κ3) is 5.35. The van der Waals surface area contributed by atoms with Gasteiger partial charge in [-0.25, -0.2) is 10.2 Å². The highest BCUT2D eigenvalue weighted by Gasteiger charge is 2.00. The number of amides is 2. The maximum absolute atomic E-state index is 10.5. The van der Waals surface area contributed by atoms with Crippen molar-refractivity contribution in [1.82, 2.24) is 10.7 Å². The lowest BCUT2D eigenvalue weighted by Gasteiger charge is -2.09. The number of carbonyl (C=O) groups is 1. The van der Waals surface area contributed by atoms with E-state index in [1.165, 1.54) is 0 Å². The van der Waals surface area contributed by atoms with Crippen LogP contribution in [0.15, 0.2) is 29.4 Å². The number of benzene rings is 1. The number of nitrogens with zero attached hydrogens (tertiary/aromatic N) is 1. The number of urea groups is 1. The van der Waals surface area contributed by atoms with Gasteiger partial charge in [-0.1, -0.05) is 12.1 Å². The van der Waals surface area contributed by atoms with Crippen LogP contribution < -0.4 is 21.8 Å². The van der Waals surface area contributed by atoms with Crippen LogP contribution in [0.2, 0.25) is 0 Å². The molecule has 0 heterocycles. The molecule has 0 unspecified atom stereocenters. The molecule has 1 aromatic carbocycles. The fraction of sp³-hybridized carbons (Fsp3) is 0.250. The van der Waals surface area contributed by atoms with E-state index in [0.29, 0.717) is 10.8 Å². The molecule has 0 radical (unpaired) electrons. The number of anilines is 1. The van der Waals surface area contributed by atoms with Crippen molar-refractivity contribution < 1.29 is 4.79 Å². The first-order chi connectivity index (χ1) is 9.02. The van der Waals surface area contributed by atoms with Gasteiger partial charge in [0.1, 0.15) is 0 Å². The van der Waals surface area contributed by atoms with Gasteiger partial charge in [-0.15, -0.1) is 0 Å². The molecule has 0 fully saturated rings. The summed E-state index contributed by atoms with van der Waals surface area (Å²) < 4.78 is 0. The third-order valence-corrected chi connectivity index (χ3v) is 2.48. The van der Waals surface area contributed by atoms with Crippen LogP contribution in [0.4, 0.5) is 10.5 Å². The van der Waals surface area contributed by atoms with E-state index < -0.39 is 6.03 Å². The lowest BCUT2D eigenvalue weighted by molar-refractivity contribution is 0.249. The average Bonchev–Trinajstić information content (AvgIpc) is 2.37. The normalized spacial score (nSPS) is 10.7. The summed E-state index contributed by atoms with van der Waals surface area (Å²) in [7, 11) is 0. The van der Waals surface area contributed by atoms with E-state index in [4.69, 9.17) is 18.0 Å². The van der Waals surface area contributed by atoms with Crippen molar-refractivity contribution in [2.75, 3.05) is 11.9 Å². The Morgan fingerprint density at radius 2 is 2.00 bits per heavy atom. The van der Waals surface area contributed by atoms with Gasteiger partial charge in [0.15, 0.2) is 5.11 Å². The maximum atomic E-state index is 10.5. The second kappa shape index (κ2) is 7.32. The molecular weight excluding hydrogens is 262 g/mol. The number of nitrogens with two attached hydrogens (primary N) is 1. The third-order valence-electron chi connectivity index (χ3n) is 2.23. The summed E-state index contributed by atoms with van der Waals surface area (Å²) in [4.78, 5) is 10.5. The Labute approximate surface area is 117 Å². The molecule has 0 bridgehead atoms. The Balaban J connectivity index is 2.68. The first-order valence-corrected chi connectivity index (χ1v) is 6.18. The van der Waals surface area contributed by atoms with E-state index in [-0.39, 0.29) is 0 Å². The lowest BCUT2D eigenvalue weighted by Crippen LogP contribution is -2.27. The fourth-order valence-corrected chi connectivity index (χ4v) is 1.60. The van der Waals surface area contributed by atoms with Gasteiger partial charge >= 0.3 is 6.03 Å². The number of hydrogen-bond acceptors (Lipinski definition) is 3. The Morgan fingerprint density at radius 1 is 1.37 bits per heavy atom. The van der Waals surface area contributed by atoms with E-state index in [1.807, 2.05) is 31.2 Å². The summed E-state index contributed by atoms with van der Waals surface area (Å²) in [5, 5.41) is 10.5. The van der Waals surface area contributed by atoms with Gasteiger partial charge < -0.3 is 16.4 Å². The van der Waals surface area contributed by atoms with Crippen molar-refractivity contribution in [3.8, 4) is 0 Å². The van der Waals surface area contributed by atoms with Gasteiger partial charge in [0.25, 0.3) is 0 Å². The molecule has 0 aliphatic heterocycles. The van der Waals surface area contributed by atoms with Crippen LogP contribution in [0, 0.1) is 0 Å². The standard InChI is InChI=1S/C12H17N5OS/c1-3-14-12(19)15-10-6-4-9(5-7-10)8(2)16-17-11(13)18/h4-7H,3H2,1-2H3,(H3,13,17,18)(H2,14,15,19)/b16-8-. The van der Waals surface area contributed by atoms with Gasteiger partial charge in [0.05, 0.1) is 5.71 Å². The molecule has 19 heavy (non-hydrogen) atoms. The molecule has 0 spiro atoms. The zero-order valence-corrected chi connectivity index (χ0v) is 11.7. The Morgan fingerprint density at radius 3 is 2.53 bits per heavy atom. The van der Waals surface area contributed by atoms with E-state index in [9.17, 15) is 4.79 Å². The van der Waals surface area contributed by atoms with Gasteiger partial charge in [-0.2, -0.15) is 5.10 Å². The number of hydrogen-bond donors (Lipinski definition) is 4. The van der Waals surface area contributed by atoms with Crippen LogP contribution in [0.1, 0.15) is 19.4 Å². The van der Waals surface area contributed by atoms with Crippen LogP contribution in [-0.2, 0) is 0 Å². The molecule has 0 atom stereocenters. The average molecular weight is 279 g/mol. The first-order valence-electron chi connectivity index (χ1n) is 5.78. The number of rotatable bonds is 4. The molecule has 7 heteroatoms. The Hall–Kier alpha value is -2.15. The second-order valence-electron chi connectivity index (χ2n) is 3.74. The first kappa shape index (κ1) is 14.9. The van der Waals surface area contributed by atoms with Crippen molar-refractivity contribution in [2.45, 2.75) is 13.8 Å². The number of carbonyl (C=O) groups excluding carboxylic acids is 1. The molecule has 2 amide bonds. The van der Waals surface area contributed by atoms with E-state index in [2.05, 4.69) is 21.2 Å². The molecule has 6 nitrogen and oxygen atoms in total.